The van der Waals surface area contributed by atoms with Crippen molar-refractivity contribution in [2.24, 2.45) is 0 Å². The summed E-state index contributed by atoms with van der Waals surface area (Å²) in [6.07, 6.45) is 2.30. The van der Waals surface area contributed by atoms with Crippen LogP contribution in [0.4, 0.5) is 0 Å². The number of para-hydroxylation sites is 2. The highest BCUT2D eigenvalue weighted by molar-refractivity contribution is 7.43. The Morgan fingerprint density at radius 3 is 0.719 bits per heavy atom. The summed E-state index contributed by atoms with van der Waals surface area (Å²) in [4.78, 5) is 0. The molecule has 6 nitrogen and oxygen atoms in total. The van der Waals surface area contributed by atoms with Gasteiger partial charge in [0, 0.05) is 25.7 Å². The predicted octanol–water partition coefficient (Wildman–Crippen LogP) is 15.7. The number of hydrogen-bond acceptors (Lipinski definition) is 6. The fourth-order valence-electron chi connectivity index (χ4n) is 8.63. The van der Waals surface area contributed by atoms with Crippen molar-refractivity contribution in [3.8, 4) is 34.5 Å². The quantitative estimate of drug-likeness (QED) is 0.164. The molecule has 332 valence electrons. The van der Waals surface area contributed by atoms with E-state index in [0.29, 0.717) is 37.2 Å². The van der Waals surface area contributed by atoms with Crippen molar-refractivity contribution in [2.45, 2.75) is 130 Å². The van der Waals surface area contributed by atoms with Crippen LogP contribution in [-0.2, 0) is 47.3 Å². The molecule has 11 rings (SSSR count). The van der Waals surface area contributed by atoms with Crippen LogP contribution in [0.1, 0.15) is 150 Å². The van der Waals surface area contributed by atoms with Crippen molar-refractivity contribution in [3.63, 3.8) is 0 Å². The zero-order valence-electron chi connectivity index (χ0n) is 39.6. The molecular formula is C56H62O6P2. The van der Waals surface area contributed by atoms with E-state index in [1.54, 1.807) is 0 Å². The third-order valence-electron chi connectivity index (χ3n) is 12.5. The van der Waals surface area contributed by atoms with Gasteiger partial charge in [0.25, 0.3) is 0 Å². The van der Waals surface area contributed by atoms with Crippen LogP contribution in [0.15, 0.2) is 109 Å². The Morgan fingerprint density at radius 2 is 0.531 bits per heavy atom. The zero-order valence-corrected chi connectivity index (χ0v) is 41.4. The lowest BCUT2D eigenvalue weighted by Gasteiger charge is -2.33. The SMILES string of the molecule is CC(C)(C)c1cc2c3c(c1)Cc1cc(C(C)(C)C)cc4c1OP(Oc1ccccc1)Oc1c(cc(C(C)(C)C)cc1Cc1cc(C(C)(C)C)cc(c1OP(Oc1ccccc1)O3)C2)C4. The highest BCUT2D eigenvalue weighted by Gasteiger charge is 2.36. The minimum absolute atomic E-state index is 0.149. The Kier molecular flexibility index (Phi) is 11.4. The topological polar surface area (TPSA) is 55.4 Å². The molecule has 0 radical (unpaired) electrons. The van der Waals surface area contributed by atoms with Gasteiger partial charge in [-0.05, 0) is 113 Å². The first-order valence-electron chi connectivity index (χ1n) is 22.6. The summed E-state index contributed by atoms with van der Waals surface area (Å²) in [6.45, 7) is 27.4. The lowest BCUT2D eigenvalue weighted by atomic mass is 9.79. The summed E-state index contributed by atoms with van der Waals surface area (Å²) in [6, 6.07) is 38.5. The average molecular weight is 893 g/mol. The molecule has 0 atom stereocenters. The molecule has 0 N–H and O–H groups in total. The normalized spacial score (nSPS) is 15.3. The minimum atomic E-state index is -1.99. The van der Waals surface area contributed by atoms with Crippen LogP contribution in [0.3, 0.4) is 0 Å². The first-order chi connectivity index (χ1) is 30.2. The molecule has 4 heterocycles. The minimum Gasteiger partial charge on any atom is -0.409 e. The molecule has 6 aromatic rings. The Hall–Kier alpha value is -5.02. The summed E-state index contributed by atoms with van der Waals surface area (Å²) in [5.74, 6) is 4.53. The highest BCUT2D eigenvalue weighted by Crippen LogP contribution is 2.55. The number of rotatable bonds is 4. The van der Waals surface area contributed by atoms with Crippen molar-refractivity contribution in [2.75, 3.05) is 0 Å². The second-order valence-corrected chi connectivity index (χ2v) is 23.8. The van der Waals surface area contributed by atoms with Crippen LogP contribution in [0.25, 0.3) is 0 Å². The van der Waals surface area contributed by atoms with Crippen LogP contribution >= 0.6 is 17.2 Å². The Balaban J connectivity index is 1.40. The zero-order chi connectivity index (χ0) is 45.3. The molecule has 12 bridgehead atoms. The maximum Gasteiger partial charge on any atom is 0.530 e. The van der Waals surface area contributed by atoms with Crippen LogP contribution in [0.2, 0.25) is 0 Å². The highest BCUT2D eigenvalue weighted by atomic mass is 31.2. The van der Waals surface area contributed by atoms with Crippen LogP contribution in [-0.4, -0.2) is 0 Å². The molecule has 0 unspecified atom stereocenters. The summed E-state index contributed by atoms with van der Waals surface area (Å²) >= 11 is 0. The third kappa shape index (κ3) is 9.24. The van der Waals surface area contributed by atoms with E-state index >= 15 is 0 Å². The van der Waals surface area contributed by atoms with Crippen molar-refractivity contribution >= 4 is 17.2 Å². The van der Waals surface area contributed by atoms with Gasteiger partial charge >= 0.3 is 17.2 Å². The molecule has 0 saturated heterocycles. The fraction of sp³-hybridized carbons (Fsp3) is 0.357. The molecule has 5 aliphatic rings. The van der Waals surface area contributed by atoms with E-state index in [-0.39, 0.29) is 21.7 Å². The Labute approximate surface area is 383 Å². The third-order valence-corrected chi connectivity index (χ3v) is 14.5. The van der Waals surface area contributed by atoms with Gasteiger partial charge in [0.05, 0.1) is 0 Å². The van der Waals surface area contributed by atoms with Crippen molar-refractivity contribution < 1.29 is 27.1 Å². The number of fused-ring (bicyclic) bond motifs is 4. The standard InChI is InChI=1S/C56H62O6P2/c1-53(2,3)43-27-35-23-36-28-44(54(4,5)6)33-41-26-42-34-46(56(10,11)12)30-38-24-37-29-45(55(7,8)9)32-40(51(37)61-64(62-52(38)42)58-48-21-17-14-18-22-48)25-39(31-43)49(35)59-63(60-50(36)41)57-47-19-15-13-16-20-47/h13-22,27-34H,23-26H2,1-12H3. The maximum atomic E-state index is 7.22. The number of hydrogen-bond donors (Lipinski definition) is 0. The molecule has 0 aromatic heterocycles. The first kappa shape index (κ1) is 44.2. The maximum absolute atomic E-state index is 7.22. The van der Waals surface area contributed by atoms with E-state index < -0.39 is 17.2 Å². The van der Waals surface area contributed by atoms with E-state index in [2.05, 4.69) is 132 Å². The largest absolute Gasteiger partial charge is 0.530 e. The van der Waals surface area contributed by atoms with E-state index in [9.17, 15) is 0 Å². The molecule has 0 spiro atoms. The summed E-state index contributed by atoms with van der Waals surface area (Å²) in [5.41, 5.74) is 13.0. The van der Waals surface area contributed by atoms with Gasteiger partial charge in [0.15, 0.2) is 0 Å². The van der Waals surface area contributed by atoms with Gasteiger partial charge in [-0.25, -0.2) is 0 Å². The van der Waals surface area contributed by atoms with Gasteiger partial charge in [-0.3, -0.25) is 0 Å². The molecule has 4 aliphatic heterocycles. The van der Waals surface area contributed by atoms with Gasteiger partial charge in [-0.2, -0.15) is 0 Å². The van der Waals surface area contributed by atoms with Crippen molar-refractivity contribution in [3.05, 3.63) is 176 Å². The lowest BCUT2D eigenvalue weighted by Crippen LogP contribution is -2.19. The summed E-state index contributed by atoms with van der Waals surface area (Å²) in [7, 11) is -3.97. The molecule has 6 aromatic carbocycles. The van der Waals surface area contributed by atoms with E-state index in [1.165, 1.54) is 22.3 Å². The molecule has 0 fully saturated rings. The van der Waals surface area contributed by atoms with E-state index in [1.807, 2.05) is 60.7 Å². The predicted molar refractivity (Wildman–Crippen MR) is 262 cm³/mol. The van der Waals surface area contributed by atoms with Gasteiger partial charge in [-0.1, -0.05) is 168 Å². The molecular weight excluding hydrogens is 831 g/mol. The second kappa shape index (κ2) is 16.4. The molecule has 1 aliphatic carbocycles. The van der Waals surface area contributed by atoms with Crippen molar-refractivity contribution in [1.82, 2.24) is 0 Å². The fourth-order valence-corrected chi connectivity index (χ4v) is 11.0. The molecule has 8 heteroatoms. The van der Waals surface area contributed by atoms with E-state index in [0.717, 1.165) is 67.5 Å². The van der Waals surface area contributed by atoms with Gasteiger partial charge in [0.1, 0.15) is 34.5 Å². The summed E-state index contributed by atoms with van der Waals surface area (Å²) in [5, 5.41) is 0. The van der Waals surface area contributed by atoms with Gasteiger partial charge < -0.3 is 27.1 Å². The first-order valence-corrected chi connectivity index (χ1v) is 24.8. The van der Waals surface area contributed by atoms with Gasteiger partial charge in [0.2, 0.25) is 0 Å². The Bertz CT molecular complexity index is 2390. The number of benzene rings is 6. The van der Waals surface area contributed by atoms with Crippen LogP contribution in [0.5, 0.6) is 34.5 Å². The van der Waals surface area contributed by atoms with Crippen molar-refractivity contribution in [1.29, 1.82) is 0 Å². The lowest BCUT2D eigenvalue weighted by molar-refractivity contribution is 0.374. The molecule has 64 heavy (non-hydrogen) atoms. The van der Waals surface area contributed by atoms with Crippen LogP contribution < -0.4 is 27.1 Å². The molecule has 0 saturated carbocycles. The smallest absolute Gasteiger partial charge is 0.409 e. The second-order valence-electron chi connectivity index (χ2n) is 21.8. The molecule has 0 amide bonds. The van der Waals surface area contributed by atoms with E-state index in [4.69, 9.17) is 27.1 Å². The summed E-state index contributed by atoms with van der Waals surface area (Å²) < 4.78 is 42.4. The average Bonchev–Trinajstić information content (AvgIpc) is 3.19. The van der Waals surface area contributed by atoms with Crippen LogP contribution in [0, 0.1) is 0 Å². The monoisotopic (exact) mass is 892 g/mol. The Morgan fingerprint density at radius 1 is 0.328 bits per heavy atom. The van der Waals surface area contributed by atoms with Gasteiger partial charge in [-0.15, -0.1) is 0 Å².